The smallest absolute Gasteiger partial charge is 0.203 e. The quantitative estimate of drug-likeness (QED) is 0.578. The molecule has 1 aromatic carbocycles. The first kappa shape index (κ1) is 16.4. The maximum atomic E-state index is 5.65. The third-order valence-electron chi connectivity index (χ3n) is 3.95. The van der Waals surface area contributed by atoms with E-state index < -0.39 is 0 Å². The van der Waals surface area contributed by atoms with Crippen LogP contribution in [0, 0.1) is 0 Å². The van der Waals surface area contributed by atoms with Crippen LogP contribution < -0.4 is 10.5 Å². The minimum absolute atomic E-state index is 0.0970. The van der Waals surface area contributed by atoms with Gasteiger partial charge in [-0.05, 0) is 38.1 Å². The van der Waals surface area contributed by atoms with Crippen molar-refractivity contribution < 1.29 is 4.74 Å². The number of pyridine rings is 1. The van der Waals surface area contributed by atoms with E-state index in [1.165, 1.54) is 11.3 Å². The molecule has 1 atom stereocenters. The van der Waals surface area contributed by atoms with Crippen LogP contribution >= 0.6 is 11.3 Å². The molecule has 4 aromatic rings. The van der Waals surface area contributed by atoms with E-state index in [4.69, 9.17) is 10.5 Å². The monoisotopic (exact) mass is 367 g/mol. The summed E-state index contributed by atoms with van der Waals surface area (Å²) in [5.41, 5.74) is 7.99. The van der Waals surface area contributed by atoms with Crippen LogP contribution in [0.15, 0.2) is 36.5 Å². The molecule has 26 heavy (non-hydrogen) atoms. The SMILES string of the molecule is CCOc1ccc2nc(-c3cn(C(C)c4nnc(N)s4)nn3)ccc2c1. The molecule has 3 aromatic heterocycles. The van der Waals surface area contributed by atoms with Crippen molar-refractivity contribution in [1.82, 2.24) is 30.2 Å². The maximum Gasteiger partial charge on any atom is 0.203 e. The predicted molar refractivity (Wildman–Crippen MR) is 100 cm³/mol. The first-order valence-corrected chi connectivity index (χ1v) is 9.00. The second-order valence-electron chi connectivity index (χ2n) is 5.72. The Morgan fingerprint density at radius 3 is 2.81 bits per heavy atom. The number of fused-ring (bicyclic) bond motifs is 1. The molecule has 0 aliphatic carbocycles. The molecule has 9 heteroatoms. The molecular formula is C17H17N7OS. The number of benzene rings is 1. The maximum absolute atomic E-state index is 5.65. The van der Waals surface area contributed by atoms with Crippen molar-refractivity contribution in [2.45, 2.75) is 19.9 Å². The Labute approximate surface area is 153 Å². The highest BCUT2D eigenvalue weighted by atomic mass is 32.1. The molecule has 1 unspecified atom stereocenters. The molecule has 132 valence electrons. The molecule has 0 amide bonds. The summed E-state index contributed by atoms with van der Waals surface area (Å²) in [4.78, 5) is 4.68. The minimum Gasteiger partial charge on any atom is -0.494 e. The van der Waals surface area contributed by atoms with Gasteiger partial charge in [0.05, 0.1) is 24.0 Å². The number of nitrogens with two attached hydrogens (primary N) is 1. The summed E-state index contributed by atoms with van der Waals surface area (Å²) in [5, 5.41) is 18.6. The lowest BCUT2D eigenvalue weighted by Gasteiger charge is -2.06. The number of rotatable bonds is 5. The number of nitrogen functional groups attached to an aromatic ring is 1. The molecule has 0 radical (unpaired) electrons. The minimum atomic E-state index is -0.0970. The van der Waals surface area contributed by atoms with E-state index in [0.717, 1.165) is 27.4 Å². The van der Waals surface area contributed by atoms with Gasteiger partial charge in [0, 0.05) is 5.39 Å². The van der Waals surface area contributed by atoms with Gasteiger partial charge in [-0.1, -0.05) is 22.6 Å². The van der Waals surface area contributed by atoms with Crippen molar-refractivity contribution in [3.63, 3.8) is 0 Å². The van der Waals surface area contributed by atoms with Crippen LogP contribution in [0.2, 0.25) is 0 Å². The largest absolute Gasteiger partial charge is 0.494 e. The Bertz CT molecular complexity index is 1060. The fourth-order valence-corrected chi connectivity index (χ4v) is 3.27. The Balaban J connectivity index is 1.63. The summed E-state index contributed by atoms with van der Waals surface area (Å²) in [6.07, 6.45) is 1.85. The second-order valence-corrected chi connectivity index (χ2v) is 6.76. The van der Waals surface area contributed by atoms with E-state index in [1.54, 1.807) is 4.68 Å². The average Bonchev–Trinajstić information content (AvgIpc) is 3.30. The fourth-order valence-electron chi connectivity index (χ4n) is 2.61. The molecule has 0 aliphatic heterocycles. The number of ether oxygens (including phenoxy) is 1. The van der Waals surface area contributed by atoms with E-state index in [9.17, 15) is 0 Å². The molecule has 2 N–H and O–H groups in total. The first-order valence-electron chi connectivity index (χ1n) is 8.18. The number of aromatic nitrogens is 6. The fraction of sp³-hybridized carbons (Fsp3) is 0.235. The van der Waals surface area contributed by atoms with Crippen molar-refractivity contribution in [3.05, 3.63) is 41.5 Å². The van der Waals surface area contributed by atoms with Gasteiger partial charge in [0.15, 0.2) is 0 Å². The third-order valence-corrected chi connectivity index (χ3v) is 4.88. The van der Waals surface area contributed by atoms with Crippen molar-refractivity contribution >= 4 is 27.4 Å². The zero-order valence-corrected chi connectivity index (χ0v) is 15.1. The van der Waals surface area contributed by atoms with Crippen molar-refractivity contribution in [2.24, 2.45) is 0 Å². The van der Waals surface area contributed by atoms with Crippen LogP contribution in [0.3, 0.4) is 0 Å². The zero-order chi connectivity index (χ0) is 18.1. The highest BCUT2D eigenvalue weighted by Crippen LogP contribution is 2.25. The van der Waals surface area contributed by atoms with E-state index in [1.807, 2.05) is 50.4 Å². The second kappa shape index (κ2) is 6.68. The van der Waals surface area contributed by atoms with Crippen LogP contribution in [-0.4, -0.2) is 36.8 Å². The molecule has 3 heterocycles. The molecule has 0 saturated carbocycles. The van der Waals surface area contributed by atoms with Crippen LogP contribution in [0.5, 0.6) is 5.75 Å². The molecule has 0 bridgehead atoms. The standard InChI is InChI=1S/C17H17N7OS/c1-3-25-12-5-7-13-11(8-12)4-6-14(19-13)15-9-24(23-20-15)10(2)16-21-22-17(18)26-16/h4-10H,3H2,1-2H3,(H2,18,22). The lowest BCUT2D eigenvalue weighted by Crippen LogP contribution is -2.07. The van der Waals surface area contributed by atoms with Gasteiger partial charge in [0.25, 0.3) is 0 Å². The summed E-state index contributed by atoms with van der Waals surface area (Å²) in [5.74, 6) is 0.839. The van der Waals surface area contributed by atoms with Crippen LogP contribution in [0.1, 0.15) is 24.9 Å². The highest BCUT2D eigenvalue weighted by Gasteiger charge is 2.16. The molecule has 0 fully saturated rings. The molecule has 4 rings (SSSR count). The Morgan fingerprint density at radius 1 is 1.15 bits per heavy atom. The summed E-state index contributed by atoms with van der Waals surface area (Å²) in [6.45, 7) is 4.58. The molecule has 8 nitrogen and oxygen atoms in total. The Morgan fingerprint density at radius 2 is 2.04 bits per heavy atom. The van der Waals surface area contributed by atoms with E-state index >= 15 is 0 Å². The Kier molecular flexibility index (Phi) is 4.21. The zero-order valence-electron chi connectivity index (χ0n) is 14.3. The molecule has 0 saturated heterocycles. The lowest BCUT2D eigenvalue weighted by molar-refractivity contribution is 0.340. The van der Waals surface area contributed by atoms with Crippen LogP contribution in [0.4, 0.5) is 5.13 Å². The van der Waals surface area contributed by atoms with Gasteiger partial charge >= 0.3 is 0 Å². The van der Waals surface area contributed by atoms with E-state index in [0.29, 0.717) is 17.4 Å². The van der Waals surface area contributed by atoms with Gasteiger partial charge < -0.3 is 10.5 Å². The summed E-state index contributed by atoms with van der Waals surface area (Å²) >= 11 is 1.34. The van der Waals surface area contributed by atoms with Crippen LogP contribution in [0.25, 0.3) is 22.3 Å². The summed E-state index contributed by atoms with van der Waals surface area (Å²) in [6, 6.07) is 9.69. The molecular weight excluding hydrogens is 350 g/mol. The number of nitrogens with zero attached hydrogens (tertiary/aromatic N) is 6. The predicted octanol–water partition coefficient (Wildman–Crippen LogP) is 2.94. The number of hydrogen-bond donors (Lipinski definition) is 1. The van der Waals surface area contributed by atoms with Crippen molar-refractivity contribution in [2.75, 3.05) is 12.3 Å². The normalized spacial score (nSPS) is 12.4. The lowest BCUT2D eigenvalue weighted by atomic mass is 10.2. The molecule has 0 aliphatic rings. The van der Waals surface area contributed by atoms with Gasteiger partial charge in [-0.3, -0.25) is 0 Å². The molecule has 0 spiro atoms. The number of anilines is 1. The van der Waals surface area contributed by atoms with Crippen molar-refractivity contribution in [3.8, 4) is 17.1 Å². The average molecular weight is 367 g/mol. The van der Waals surface area contributed by atoms with Gasteiger partial charge in [-0.15, -0.1) is 15.3 Å². The summed E-state index contributed by atoms with van der Waals surface area (Å²) in [7, 11) is 0. The van der Waals surface area contributed by atoms with Crippen LogP contribution in [-0.2, 0) is 0 Å². The third kappa shape index (κ3) is 3.08. The van der Waals surface area contributed by atoms with E-state index in [2.05, 4.69) is 25.5 Å². The van der Waals surface area contributed by atoms with Gasteiger partial charge in [0.1, 0.15) is 22.5 Å². The van der Waals surface area contributed by atoms with Crippen molar-refractivity contribution in [1.29, 1.82) is 0 Å². The van der Waals surface area contributed by atoms with E-state index in [-0.39, 0.29) is 6.04 Å². The topological polar surface area (TPSA) is 105 Å². The first-order chi connectivity index (χ1) is 12.6. The number of hydrogen-bond acceptors (Lipinski definition) is 8. The van der Waals surface area contributed by atoms with Gasteiger partial charge in [-0.2, -0.15) is 0 Å². The summed E-state index contributed by atoms with van der Waals surface area (Å²) < 4.78 is 7.27. The Hall–Kier alpha value is -3.07. The van der Waals surface area contributed by atoms with Gasteiger partial charge in [-0.25, -0.2) is 9.67 Å². The highest BCUT2D eigenvalue weighted by molar-refractivity contribution is 7.15. The van der Waals surface area contributed by atoms with Gasteiger partial charge in [0.2, 0.25) is 5.13 Å².